The largest absolute Gasteiger partial charge is 0.371 e. The maximum Gasteiger partial charge on any atom is 0.135 e. The van der Waals surface area contributed by atoms with Crippen LogP contribution < -0.4 is 4.90 Å². The average Bonchev–Trinajstić information content (AvgIpc) is 3.15. The molecular weight excluding hydrogens is 417 g/mol. The number of benzene rings is 2. The minimum Gasteiger partial charge on any atom is -0.371 e. The number of hydrogen-bond donors (Lipinski definition) is 0. The Balaban J connectivity index is 1.89. The number of rotatable bonds is 3. The molecule has 0 atom stereocenters. The fourth-order valence-corrected chi connectivity index (χ4v) is 3.82. The van der Waals surface area contributed by atoms with Gasteiger partial charge in [0.05, 0.1) is 11.4 Å². The number of nitrogens with zero attached hydrogens (tertiary/aromatic N) is 2. The van der Waals surface area contributed by atoms with Crippen molar-refractivity contribution in [2.24, 2.45) is 0 Å². The third-order valence-electron chi connectivity index (χ3n) is 4.65. The molecule has 2 heterocycles. The van der Waals surface area contributed by atoms with Crippen LogP contribution in [0.1, 0.15) is 12.8 Å². The number of aromatic nitrogens is 1. The van der Waals surface area contributed by atoms with E-state index < -0.39 is 11.6 Å². The number of anilines is 1. The summed E-state index contributed by atoms with van der Waals surface area (Å²) >= 11 is 3.30. The van der Waals surface area contributed by atoms with Gasteiger partial charge in [0, 0.05) is 40.4 Å². The quantitative estimate of drug-likeness (QED) is 0.489. The zero-order valence-electron chi connectivity index (χ0n) is 14.4. The van der Waals surface area contributed by atoms with Crippen LogP contribution in [-0.4, -0.2) is 18.1 Å². The van der Waals surface area contributed by atoms with Crippen molar-refractivity contribution >= 4 is 21.6 Å². The van der Waals surface area contributed by atoms with E-state index in [0.717, 1.165) is 37.7 Å². The van der Waals surface area contributed by atoms with Gasteiger partial charge >= 0.3 is 0 Å². The molecule has 1 aliphatic rings. The van der Waals surface area contributed by atoms with Gasteiger partial charge in [-0.25, -0.2) is 18.2 Å². The fraction of sp³-hybridized carbons (Fsp3) is 0.190. The highest BCUT2D eigenvalue weighted by Crippen LogP contribution is 2.33. The Labute approximate surface area is 163 Å². The second kappa shape index (κ2) is 7.35. The van der Waals surface area contributed by atoms with Crippen LogP contribution in [0.5, 0.6) is 0 Å². The van der Waals surface area contributed by atoms with Crippen LogP contribution in [0.2, 0.25) is 0 Å². The molecule has 6 heteroatoms. The van der Waals surface area contributed by atoms with E-state index in [1.54, 1.807) is 12.1 Å². The molecule has 0 amide bonds. The Bertz CT molecular complexity index is 980. The van der Waals surface area contributed by atoms with E-state index >= 15 is 0 Å². The summed E-state index contributed by atoms with van der Waals surface area (Å²) in [5.74, 6) is -1.70. The van der Waals surface area contributed by atoms with Gasteiger partial charge in [-0.05, 0) is 55.3 Å². The van der Waals surface area contributed by atoms with Gasteiger partial charge in [0.2, 0.25) is 0 Å². The standard InChI is InChI=1S/C21H16BrF3N2/c22-14-7-13(8-16(24)9-14)20-11-17(27-5-1-2-6-27)12-21(26-20)18-4-3-15(23)10-19(18)25/h3-4,7-12H,1-2,5-6H2. The highest BCUT2D eigenvalue weighted by atomic mass is 79.9. The van der Waals surface area contributed by atoms with Gasteiger partial charge < -0.3 is 4.90 Å². The first kappa shape index (κ1) is 18.0. The van der Waals surface area contributed by atoms with Gasteiger partial charge in [-0.1, -0.05) is 15.9 Å². The lowest BCUT2D eigenvalue weighted by atomic mass is 10.1. The van der Waals surface area contributed by atoms with Gasteiger partial charge in [0.25, 0.3) is 0 Å². The molecule has 1 fully saturated rings. The summed E-state index contributed by atoms with van der Waals surface area (Å²) in [6.45, 7) is 1.81. The van der Waals surface area contributed by atoms with E-state index in [4.69, 9.17) is 0 Å². The van der Waals surface area contributed by atoms with Gasteiger partial charge in [0.15, 0.2) is 0 Å². The van der Waals surface area contributed by atoms with Gasteiger partial charge in [-0.15, -0.1) is 0 Å². The smallest absolute Gasteiger partial charge is 0.135 e. The summed E-state index contributed by atoms with van der Waals surface area (Å²) in [5, 5.41) is 0. The Hall–Kier alpha value is -2.34. The molecule has 4 rings (SSSR count). The average molecular weight is 433 g/mol. The monoisotopic (exact) mass is 432 g/mol. The predicted octanol–water partition coefficient (Wildman–Crippen LogP) is 6.20. The predicted molar refractivity (Wildman–Crippen MR) is 104 cm³/mol. The van der Waals surface area contributed by atoms with Crippen molar-refractivity contribution in [2.45, 2.75) is 12.8 Å². The lowest BCUT2D eigenvalue weighted by Crippen LogP contribution is -2.18. The van der Waals surface area contributed by atoms with Crippen molar-refractivity contribution in [1.82, 2.24) is 4.98 Å². The third-order valence-corrected chi connectivity index (χ3v) is 5.10. The number of hydrogen-bond acceptors (Lipinski definition) is 2. The van der Waals surface area contributed by atoms with E-state index in [9.17, 15) is 13.2 Å². The molecule has 0 spiro atoms. The Morgan fingerprint density at radius 1 is 0.815 bits per heavy atom. The molecule has 2 aromatic carbocycles. The minimum absolute atomic E-state index is 0.217. The summed E-state index contributed by atoms with van der Waals surface area (Å²) in [5.41, 5.74) is 2.64. The first-order valence-electron chi connectivity index (χ1n) is 8.68. The van der Waals surface area contributed by atoms with Crippen LogP contribution in [0, 0.1) is 17.5 Å². The lowest BCUT2D eigenvalue weighted by molar-refractivity contribution is 0.585. The van der Waals surface area contributed by atoms with Crippen LogP contribution in [-0.2, 0) is 0 Å². The molecule has 1 saturated heterocycles. The van der Waals surface area contributed by atoms with Crippen LogP contribution in [0.25, 0.3) is 22.5 Å². The zero-order valence-corrected chi connectivity index (χ0v) is 15.9. The summed E-state index contributed by atoms with van der Waals surface area (Å²) in [7, 11) is 0. The highest BCUT2D eigenvalue weighted by molar-refractivity contribution is 9.10. The van der Waals surface area contributed by atoms with Gasteiger partial charge in [0.1, 0.15) is 17.5 Å². The van der Waals surface area contributed by atoms with Crippen LogP contribution in [0.15, 0.2) is 53.0 Å². The van der Waals surface area contributed by atoms with Crippen molar-refractivity contribution in [3.63, 3.8) is 0 Å². The van der Waals surface area contributed by atoms with Crippen LogP contribution in [0.4, 0.5) is 18.9 Å². The molecular formula is C21H16BrF3N2. The van der Waals surface area contributed by atoms with Crippen LogP contribution in [0.3, 0.4) is 0 Å². The Morgan fingerprint density at radius 2 is 1.56 bits per heavy atom. The molecule has 0 saturated carbocycles. The summed E-state index contributed by atoms with van der Waals surface area (Å²) in [6, 6.07) is 11.7. The molecule has 0 bridgehead atoms. The molecule has 0 unspecified atom stereocenters. The van der Waals surface area contributed by atoms with Crippen molar-refractivity contribution < 1.29 is 13.2 Å². The van der Waals surface area contributed by atoms with Gasteiger partial charge in [-0.2, -0.15) is 0 Å². The fourth-order valence-electron chi connectivity index (χ4n) is 3.36. The summed E-state index contributed by atoms with van der Waals surface area (Å²) < 4.78 is 42.1. The summed E-state index contributed by atoms with van der Waals surface area (Å²) in [6.07, 6.45) is 2.17. The summed E-state index contributed by atoms with van der Waals surface area (Å²) in [4.78, 5) is 6.74. The lowest BCUT2D eigenvalue weighted by Gasteiger charge is -2.20. The molecule has 27 heavy (non-hydrogen) atoms. The van der Waals surface area contributed by atoms with E-state index in [1.807, 2.05) is 6.07 Å². The Morgan fingerprint density at radius 3 is 2.26 bits per heavy atom. The van der Waals surface area contributed by atoms with Crippen molar-refractivity contribution in [1.29, 1.82) is 0 Å². The second-order valence-corrected chi connectivity index (χ2v) is 7.49. The topological polar surface area (TPSA) is 16.1 Å². The first-order valence-corrected chi connectivity index (χ1v) is 9.48. The molecule has 0 N–H and O–H groups in total. The molecule has 1 aromatic heterocycles. The normalized spacial score (nSPS) is 14.0. The molecule has 2 nitrogen and oxygen atoms in total. The number of halogens is 4. The maximum atomic E-state index is 14.3. The minimum atomic E-state index is -0.674. The highest BCUT2D eigenvalue weighted by Gasteiger charge is 2.17. The van der Waals surface area contributed by atoms with Crippen molar-refractivity contribution in [2.75, 3.05) is 18.0 Å². The first-order chi connectivity index (χ1) is 13.0. The van der Waals surface area contributed by atoms with Gasteiger partial charge in [-0.3, -0.25) is 0 Å². The molecule has 1 aliphatic heterocycles. The molecule has 0 radical (unpaired) electrons. The number of pyridine rings is 1. The Kier molecular flexibility index (Phi) is 4.91. The van der Waals surface area contributed by atoms with E-state index in [1.165, 1.54) is 24.3 Å². The van der Waals surface area contributed by atoms with Crippen LogP contribution >= 0.6 is 15.9 Å². The van der Waals surface area contributed by atoms with E-state index in [2.05, 4.69) is 25.8 Å². The van der Waals surface area contributed by atoms with E-state index in [-0.39, 0.29) is 11.4 Å². The molecule has 0 aliphatic carbocycles. The second-order valence-electron chi connectivity index (χ2n) is 6.57. The molecule has 138 valence electrons. The zero-order chi connectivity index (χ0) is 19.0. The maximum absolute atomic E-state index is 14.3. The SMILES string of the molecule is Fc1cc(Br)cc(-c2cc(N3CCCC3)cc(-c3ccc(F)cc3F)n2)c1. The third kappa shape index (κ3) is 3.86. The van der Waals surface area contributed by atoms with E-state index in [0.29, 0.717) is 21.4 Å². The molecule has 3 aromatic rings. The van der Waals surface area contributed by atoms with Crippen molar-refractivity contribution in [3.8, 4) is 22.5 Å². The van der Waals surface area contributed by atoms with Crippen molar-refractivity contribution in [3.05, 3.63) is 70.5 Å².